The molecule has 212 valence electrons. The number of thioether (sulfide) groups is 1. The van der Waals surface area contributed by atoms with Crippen LogP contribution in [-0.2, 0) is 16.2 Å². The molecule has 0 atom stereocenters. The quantitative estimate of drug-likeness (QED) is 0.164. The highest BCUT2D eigenvalue weighted by atomic mass is 32.2. The molecular weight excluding hydrogens is 550 g/mol. The monoisotopic (exact) mass is 577 g/mol. The first kappa shape index (κ1) is 29.2. The number of nitro groups is 1. The van der Waals surface area contributed by atoms with Gasteiger partial charge in [0, 0.05) is 17.8 Å². The lowest BCUT2D eigenvalue weighted by Gasteiger charge is -2.13. The number of carbonyl (C=O) groups excluding carboxylic acids is 3. The molecule has 4 rings (SSSR count). The Morgan fingerprint density at radius 1 is 0.951 bits per heavy atom. The Labute approximate surface area is 240 Å². The number of nitrogens with zero attached hydrogens (tertiary/aromatic N) is 2. The fraction of sp³-hybridized carbons (Fsp3) is 0.207. The van der Waals surface area contributed by atoms with E-state index in [4.69, 9.17) is 14.2 Å². The van der Waals surface area contributed by atoms with Crippen LogP contribution in [0.2, 0.25) is 0 Å². The Hall–Kier alpha value is -4.84. The van der Waals surface area contributed by atoms with Gasteiger partial charge in [0.25, 0.3) is 16.8 Å². The van der Waals surface area contributed by atoms with E-state index in [1.165, 1.54) is 12.1 Å². The Bertz CT molecular complexity index is 1470. The lowest BCUT2D eigenvalue weighted by atomic mass is 10.1. The molecule has 0 unspecified atom stereocenters. The van der Waals surface area contributed by atoms with Crippen LogP contribution in [0.25, 0.3) is 6.08 Å². The molecule has 1 N–H and O–H groups in total. The van der Waals surface area contributed by atoms with E-state index in [-0.39, 0.29) is 17.2 Å². The minimum Gasteiger partial charge on any atom is -0.494 e. The third kappa shape index (κ3) is 7.63. The average Bonchev–Trinajstić information content (AvgIpc) is 3.21. The largest absolute Gasteiger partial charge is 0.494 e. The first-order valence-corrected chi connectivity index (χ1v) is 13.5. The Kier molecular flexibility index (Phi) is 9.59. The average molecular weight is 578 g/mol. The van der Waals surface area contributed by atoms with Crippen LogP contribution in [0.3, 0.4) is 0 Å². The summed E-state index contributed by atoms with van der Waals surface area (Å²) in [5.41, 5.74) is 1.84. The maximum absolute atomic E-state index is 12.9. The van der Waals surface area contributed by atoms with Crippen LogP contribution in [-0.4, -0.2) is 46.6 Å². The zero-order chi connectivity index (χ0) is 29.4. The fourth-order valence-corrected chi connectivity index (χ4v) is 4.65. The Morgan fingerprint density at radius 2 is 1.66 bits per heavy atom. The van der Waals surface area contributed by atoms with E-state index in [0.29, 0.717) is 41.7 Å². The normalized spacial score (nSPS) is 13.8. The van der Waals surface area contributed by atoms with Gasteiger partial charge in [-0.2, -0.15) is 0 Å². The molecule has 0 aromatic heterocycles. The van der Waals surface area contributed by atoms with Crippen LogP contribution in [0.5, 0.6) is 17.2 Å². The number of hydrogen-bond donors (Lipinski definition) is 1. The summed E-state index contributed by atoms with van der Waals surface area (Å²) in [6.07, 6.45) is 1.55. The zero-order valence-corrected chi connectivity index (χ0v) is 23.1. The van der Waals surface area contributed by atoms with Crippen molar-refractivity contribution in [3.05, 3.63) is 92.9 Å². The number of amides is 3. The van der Waals surface area contributed by atoms with Gasteiger partial charge < -0.3 is 19.5 Å². The van der Waals surface area contributed by atoms with Crippen molar-refractivity contribution in [2.24, 2.45) is 0 Å². The van der Waals surface area contributed by atoms with Gasteiger partial charge in [0.05, 0.1) is 23.0 Å². The lowest BCUT2D eigenvalue weighted by Crippen LogP contribution is -2.36. The van der Waals surface area contributed by atoms with Crippen molar-refractivity contribution in [3.8, 4) is 17.2 Å². The number of benzene rings is 3. The number of non-ortho nitro benzene ring substituents is 1. The summed E-state index contributed by atoms with van der Waals surface area (Å²) in [6.45, 7) is 4.31. The number of anilines is 1. The molecule has 41 heavy (non-hydrogen) atoms. The van der Waals surface area contributed by atoms with Crippen molar-refractivity contribution in [1.82, 2.24) is 4.90 Å². The molecule has 0 radical (unpaired) electrons. The summed E-state index contributed by atoms with van der Waals surface area (Å²) in [5.74, 6) is 0.459. The number of carbonyl (C=O) groups is 3. The molecule has 1 fully saturated rings. The third-order valence-corrected chi connectivity index (χ3v) is 6.64. The molecule has 0 spiro atoms. The first-order chi connectivity index (χ1) is 19.8. The molecule has 1 heterocycles. The maximum atomic E-state index is 12.9. The van der Waals surface area contributed by atoms with Crippen LogP contribution in [0.4, 0.5) is 16.2 Å². The zero-order valence-electron chi connectivity index (χ0n) is 22.3. The second kappa shape index (κ2) is 13.5. The molecule has 11 nitrogen and oxygen atoms in total. The summed E-state index contributed by atoms with van der Waals surface area (Å²) in [7, 11) is 0. The van der Waals surface area contributed by atoms with Gasteiger partial charge in [0.2, 0.25) is 5.91 Å². The van der Waals surface area contributed by atoms with Gasteiger partial charge in [0.1, 0.15) is 18.9 Å². The van der Waals surface area contributed by atoms with Gasteiger partial charge in [0.15, 0.2) is 11.5 Å². The van der Waals surface area contributed by atoms with E-state index in [0.717, 1.165) is 22.2 Å². The van der Waals surface area contributed by atoms with Crippen molar-refractivity contribution in [3.63, 3.8) is 0 Å². The fourth-order valence-electron chi connectivity index (χ4n) is 3.81. The predicted octanol–water partition coefficient (Wildman–Crippen LogP) is 5.65. The molecular formula is C29H27N3O8S. The van der Waals surface area contributed by atoms with Gasteiger partial charge >= 0.3 is 0 Å². The maximum Gasteiger partial charge on any atom is 0.294 e. The molecule has 12 heteroatoms. The summed E-state index contributed by atoms with van der Waals surface area (Å²) in [4.78, 5) is 49.5. The molecule has 3 aromatic rings. The molecule has 1 saturated heterocycles. The van der Waals surface area contributed by atoms with E-state index < -0.39 is 28.5 Å². The summed E-state index contributed by atoms with van der Waals surface area (Å²) in [5, 5.41) is 13.0. The number of nitro benzene ring substituents is 1. The Balaban J connectivity index is 1.40. The first-order valence-electron chi connectivity index (χ1n) is 12.7. The van der Waals surface area contributed by atoms with E-state index in [2.05, 4.69) is 5.32 Å². The number of rotatable bonds is 12. The van der Waals surface area contributed by atoms with E-state index >= 15 is 0 Å². The molecule has 0 bridgehead atoms. The van der Waals surface area contributed by atoms with Crippen LogP contribution >= 0.6 is 11.8 Å². The highest BCUT2D eigenvalue weighted by molar-refractivity contribution is 8.18. The molecule has 0 aliphatic carbocycles. The topological polar surface area (TPSA) is 137 Å². The minimum atomic E-state index is -0.571. The number of hydrogen-bond acceptors (Lipinski definition) is 9. The van der Waals surface area contributed by atoms with E-state index in [1.807, 2.05) is 13.8 Å². The van der Waals surface area contributed by atoms with Gasteiger partial charge in [-0.05, 0) is 91.3 Å². The summed E-state index contributed by atoms with van der Waals surface area (Å²) >= 11 is 0.748. The van der Waals surface area contributed by atoms with Crippen molar-refractivity contribution in [1.29, 1.82) is 0 Å². The smallest absolute Gasteiger partial charge is 0.294 e. The third-order valence-electron chi connectivity index (χ3n) is 5.73. The highest BCUT2D eigenvalue weighted by Gasteiger charge is 2.36. The molecule has 1 aliphatic rings. The van der Waals surface area contributed by atoms with Crippen LogP contribution in [0.15, 0.2) is 71.6 Å². The highest BCUT2D eigenvalue weighted by Crippen LogP contribution is 2.35. The van der Waals surface area contributed by atoms with Gasteiger partial charge in [-0.3, -0.25) is 29.4 Å². The van der Waals surface area contributed by atoms with Crippen LogP contribution in [0, 0.1) is 10.1 Å². The molecule has 1 aliphatic heterocycles. The van der Waals surface area contributed by atoms with E-state index in [9.17, 15) is 24.5 Å². The van der Waals surface area contributed by atoms with Gasteiger partial charge in [-0.15, -0.1) is 0 Å². The number of ether oxygens (including phenoxy) is 3. The predicted molar refractivity (Wildman–Crippen MR) is 154 cm³/mol. The summed E-state index contributed by atoms with van der Waals surface area (Å²) in [6, 6.07) is 17.9. The SMILES string of the molecule is CCOc1ccc(NC(=O)CN2C(=O)S/C(=C/c3ccc(OCc4ccc([N+](=O)[O-])cc4)c(OCC)c3)C2=O)cc1. The van der Waals surface area contributed by atoms with Crippen LogP contribution in [0.1, 0.15) is 25.0 Å². The molecule has 3 amide bonds. The number of nitrogens with one attached hydrogen (secondary N) is 1. The summed E-state index contributed by atoms with van der Waals surface area (Å²) < 4.78 is 17.0. The van der Waals surface area contributed by atoms with Crippen molar-refractivity contribution in [2.45, 2.75) is 20.5 Å². The molecule has 3 aromatic carbocycles. The van der Waals surface area contributed by atoms with Crippen molar-refractivity contribution < 1.29 is 33.5 Å². The molecule has 0 saturated carbocycles. The Morgan fingerprint density at radius 3 is 2.32 bits per heavy atom. The van der Waals surface area contributed by atoms with Gasteiger partial charge in [-0.1, -0.05) is 6.07 Å². The van der Waals surface area contributed by atoms with Crippen LogP contribution < -0.4 is 19.5 Å². The standard InChI is InChI=1S/C29H27N3O8S/c1-3-38-23-12-8-21(9-13-23)30-27(33)17-31-28(34)26(41-29(31)35)16-20-7-14-24(25(15-20)39-4-2)40-18-19-5-10-22(11-6-19)32(36)37/h5-16H,3-4,17-18H2,1-2H3,(H,30,33)/b26-16+. The second-order valence-corrected chi connectivity index (χ2v) is 9.62. The van der Waals surface area contributed by atoms with Gasteiger partial charge in [-0.25, -0.2) is 0 Å². The second-order valence-electron chi connectivity index (χ2n) is 8.62. The number of imide groups is 1. The lowest BCUT2D eigenvalue weighted by molar-refractivity contribution is -0.384. The van der Waals surface area contributed by atoms with Crippen molar-refractivity contribution in [2.75, 3.05) is 25.1 Å². The minimum absolute atomic E-state index is 0.00853. The van der Waals surface area contributed by atoms with E-state index in [1.54, 1.807) is 60.7 Å². The van der Waals surface area contributed by atoms with Crippen molar-refractivity contribution >= 4 is 46.3 Å².